The van der Waals surface area contributed by atoms with Gasteiger partial charge < -0.3 is 18.9 Å². The van der Waals surface area contributed by atoms with Crippen molar-refractivity contribution < 1.29 is 13.8 Å². The third-order valence-electron chi connectivity index (χ3n) is 4.42. The fourth-order valence-corrected chi connectivity index (χ4v) is 3.74. The van der Waals surface area contributed by atoms with Crippen LogP contribution in [0.4, 0.5) is 0 Å². The summed E-state index contributed by atoms with van der Waals surface area (Å²) in [4.78, 5) is 21.8. The molecular weight excluding hydrogens is 380 g/mol. The Morgan fingerprint density at radius 2 is 2.07 bits per heavy atom. The van der Waals surface area contributed by atoms with Crippen LogP contribution in [0.15, 0.2) is 39.6 Å². The SMILES string of the molecule is Cc1nc(-n2cccc2)sc1C(=O)NCc1nc(-c2cc(C3CC3)on2)no1. The normalized spacial score (nSPS) is 13.8. The molecule has 1 amide bonds. The van der Waals surface area contributed by atoms with E-state index in [0.717, 1.165) is 23.7 Å². The highest BCUT2D eigenvalue weighted by atomic mass is 32.1. The molecule has 4 aromatic rings. The molecule has 0 unspecified atom stereocenters. The number of carbonyl (C=O) groups excluding carboxylic acids is 1. The summed E-state index contributed by atoms with van der Waals surface area (Å²) >= 11 is 1.32. The maximum atomic E-state index is 12.5. The molecule has 5 rings (SSSR count). The van der Waals surface area contributed by atoms with E-state index in [1.807, 2.05) is 42.1 Å². The van der Waals surface area contributed by atoms with E-state index in [4.69, 9.17) is 9.05 Å². The van der Waals surface area contributed by atoms with E-state index in [2.05, 4.69) is 25.6 Å². The molecule has 0 radical (unpaired) electrons. The van der Waals surface area contributed by atoms with E-state index in [-0.39, 0.29) is 12.5 Å². The van der Waals surface area contributed by atoms with Crippen LogP contribution < -0.4 is 5.32 Å². The predicted octanol–water partition coefficient (Wildman–Crippen LogP) is 3.09. The van der Waals surface area contributed by atoms with Crippen LogP contribution in [-0.2, 0) is 6.54 Å². The molecule has 1 N–H and O–H groups in total. The largest absolute Gasteiger partial charge is 0.360 e. The van der Waals surface area contributed by atoms with Gasteiger partial charge in [0.05, 0.1) is 12.2 Å². The highest BCUT2D eigenvalue weighted by Crippen LogP contribution is 2.40. The van der Waals surface area contributed by atoms with Gasteiger partial charge in [0.2, 0.25) is 11.7 Å². The van der Waals surface area contributed by atoms with E-state index in [9.17, 15) is 4.79 Å². The van der Waals surface area contributed by atoms with Gasteiger partial charge in [-0.25, -0.2) is 4.98 Å². The van der Waals surface area contributed by atoms with Gasteiger partial charge in [0.15, 0.2) is 10.8 Å². The number of hydrogen-bond acceptors (Lipinski definition) is 8. The Morgan fingerprint density at radius 3 is 2.86 bits per heavy atom. The van der Waals surface area contributed by atoms with Crippen LogP contribution in [0.2, 0.25) is 0 Å². The molecule has 1 fully saturated rings. The highest BCUT2D eigenvalue weighted by molar-refractivity contribution is 7.16. The van der Waals surface area contributed by atoms with Crippen molar-refractivity contribution in [2.24, 2.45) is 0 Å². The standard InChI is InChI=1S/C18H16N6O3S/c1-10-15(28-18(20-10)24-6-2-3-7-24)17(25)19-9-14-21-16(23-27-14)12-8-13(26-22-12)11-4-5-11/h2-3,6-8,11H,4-5,9H2,1H3,(H,19,25). The third-order valence-corrected chi connectivity index (χ3v) is 5.59. The first-order chi connectivity index (χ1) is 13.7. The van der Waals surface area contributed by atoms with Crippen LogP contribution in [0.1, 0.15) is 45.8 Å². The minimum atomic E-state index is -0.231. The van der Waals surface area contributed by atoms with Gasteiger partial charge >= 0.3 is 0 Å². The summed E-state index contributed by atoms with van der Waals surface area (Å²) < 4.78 is 12.4. The molecule has 1 aliphatic carbocycles. The lowest BCUT2D eigenvalue weighted by atomic mass is 10.3. The quantitative estimate of drug-likeness (QED) is 0.533. The summed E-state index contributed by atoms with van der Waals surface area (Å²) in [6.45, 7) is 1.93. The van der Waals surface area contributed by atoms with Crippen molar-refractivity contribution in [2.75, 3.05) is 0 Å². The van der Waals surface area contributed by atoms with Crippen LogP contribution in [0.25, 0.3) is 16.6 Å². The van der Waals surface area contributed by atoms with Gasteiger partial charge in [-0.2, -0.15) is 4.98 Å². The second-order valence-corrected chi connectivity index (χ2v) is 7.56. The summed E-state index contributed by atoms with van der Waals surface area (Å²) in [7, 11) is 0. The minimum Gasteiger partial charge on any atom is -0.360 e. The second-order valence-electron chi connectivity index (χ2n) is 6.58. The van der Waals surface area contributed by atoms with Gasteiger partial charge in [-0.05, 0) is 31.9 Å². The zero-order valence-electron chi connectivity index (χ0n) is 15.0. The summed E-state index contributed by atoms with van der Waals surface area (Å²) in [5.74, 6) is 1.74. The van der Waals surface area contributed by atoms with Crippen LogP contribution in [0, 0.1) is 6.92 Å². The topological polar surface area (TPSA) is 112 Å². The number of aromatic nitrogens is 5. The summed E-state index contributed by atoms with van der Waals surface area (Å²) in [5.41, 5.74) is 1.21. The summed E-state index contributed by atoms with van der Waals surface area (Å²) in [6, 6.07) is 5.66. The van der Waals surface area contributed by atoms with Gasteiger partial charge in [0.1, 0.15) is 10.6 Å². The Hall–Kier alpha value is -3.27. The lowest BCUT2D eigenvalue weighted by molar-refractivity contribution is 0.0949. The zero-order valence-corrected chi connectivity index (χ0v) is 15.8. The van der Waals surface area contributed by atoms with Crippen LogP contribution in [0.5, 0.6) is 0 Å². The fraction of sp³-hybridized carbons (Fsp3) is 0.278. The lowest BCUT2D eigenvalue weighted by Gasteiger charge is -1.99. The number of hydrogen-bond donors (Lipinski definition) is 1. The first kappa shape index (κ1) is 16.9. The Morgan fingerprint density at radius 1 is 1.25 bits per heavy atom. The second kappa shape index (κ2) is 6.71. The van der Waals surface area contributed by atoms with Gasteiger partial charge in [-0.1, -0.05) is 21.7 Å². The molecule has 4 aromatic heterocycles. The molecule has 0 bridgehead atoms. The average molecular weight is 396 g/mol. The van der Waals surface area contributed by atoms with E-state index < -0.39 is 0 Å². The molecule has 9 nitrogen and oxygen atoms in total. The minimum absolute atomic E-state index is 0.120. The molecule has 1 aliphatic rings. The van der Waals surface area contributed by atoms with Crippen molar-refractivity contribution in [3.05, 3.63) is 52.8 Å². The average Bonchev–Trinajstić information content (AvgIpc) is 3.17. The van der Waals surface area contributed by atoms with Crippen LogP contribution in [-0.4, -0.2) is 30.8 Å². The molecule has 0 spiro atoms. The number of nitrogens with zero attached hydrogens (tertiary/aromatic N) is 5. The van der Waals surface area contributed by atoms with Crippen LogP contribution in [0.3, 0.4) is 0 Å². The van der Waals surface area contributed by atoms with Crippen LogP contribution >= 0.6 is 11.3 Å². The van der Waals surface area contributed by atoms with Crippen molar-refractivity contribution in [2.45, 2.75) is 32.2 Å². The highest BCUT2D eigenvalue weighted by Gasteiger charge is 2.28. The van der Waals surface area contributed by atoms with E-state index in [1.54, 1.807) is 0 Å². The third kappa shape index (κ3) is 3.22. The first-order valence-electron chi connectivity index (χ1n) is 8.86. The molecular formula is C18H16N6O3S. The predicted molar refractivity (Wildman–Crippen MR) is 99.1 cm³/mol. The molecule has 142 valence electrons. The van der Waals surface area contributed by atoms with E-state index in [0.29, 0.717) is 33.9 Å². The Bertz CT molecular complexity index is 1120. The number of carbonyl (C=O) groups is 1. The number of thiazole rings is 1. The van der Waals surface area contributed by atoms with Crippen molar-refractivity contribution in [1.82, 2.24) is 30.2 Å². The number of aryl methyl sites for hydroxylation is 1. The smallest absolute Gasteiger partial charge is 0.263 e. The maximum absolute atomic E-state index is 12.5. The van der Waals surface area contributed by atoms with Crippen molar-refractivity contribution in [3.8, 4) is 16.6 Å². The molecule has 0 saturated heterocycles. The summed E-state index contributed by atoms with van der Waals surface area (Å²) in [6.07, 6.45) is 6.03. The van der Waals surface area contributed by atoms with E-state index >= 15 is 0 Å². The Kier molecular flexibility index (Phi) is 4.05. The van der Waals surface area contributed by atoms with Gasteiger partial charge in [-0.3, -0.25) is 4.79 Å². The first-order valence-corrected chi connectivity index (χ1v) is 9.67. The van der Waals surface area contributed by atoms with E-state index in [1.165, 1.54) is 11.3 Å². The van der Waals surface area contributed by atoms with Crippen molar-refractivity contribution in [3.63, 3.8) is 0 Å². The molecule has 28 heavy (non-hydrogen) atoms. The molecule has 0 aliphatic heterocycles. The molecule has 10 heteroatoms. The van der Waals surface area contributed by atoms with Crippen molar-refractivity contribution in [1.29, 1.82) is 0 Å². The number of amides is 1. The van der Waals surface area contributed by atoms with Crippen molar-refractivity contribution >= 4 is 17.2 Å². The van der Waals surface area contributed by atoms with Gasteiger partial charge in [0, 0.05) is 24.4 Å². The zero-order chi connectivity index (χ0) is 19.1. The maximum Gasteiger partial charge on any atom is 0.263 e. The fourth-order valence-electron chi connectivity index (χ4n) is 2.79. The molecule has 1 saturated carbocycles. The monoisotopic (exact) mass is 396 g/mol. The molecule has 4 heterocycles. The Labute approximate surface area is 163 Å². The lowest BCUT2D eigenvalue weighted by Crippen LogP contribution is -2.22. The summed E-state index contributed by atoms with van der Waals surface area (Å²) in [5, 5.41) is 11.4. The Balaban J connectivity index is 1.25. The number of nitrogens with one attached hydrogen (secondary N) is 1. The molecule has 0 atom stereocenters. The number of rotatable bonds is 6. The molecule has 0 aromatic carbocycles. The van der Waals surface area contributed by atoms with Gasteiger partial charge in [0.25, 0.3) is 5.91 Å². The van der Waals surface area contributed by atoms with Gasteiger partial charge in [-0.15, -0.1) is 0 Å².